The fourth-order valence-corrected chi connectivity index (χ4v) is 1.14. The van der Waals surface area contributed by atoms with Crippen molar-refractivity contribution in [3.05, 3.63) is 35.7 Å². The van der Waals surface area contributed by atoms with Gasteiger partial charge in [-0.15, -0.1) is 0 Å². The van der Waals surface area contributed by atoms with Gasteiger partial charge in [-0.1, -0.05) is 6.08 Å². The molecule has 0 aliphatic carbocycles. The monoisotopic (exact) mass is 178 g/mol. The molecular formula is C10H14N2O. The molecular weight excluding hydrogens is 164 g/mol. The Morgan fingerprint density at radius 3 is 2.38 bits per heavy atom. The Balaban J connectivity index is 2.79. The smallest absolute Gasteiger partial charge is 0.262 e. The molecule has 1 heterocycles. The molecule has 70 valence electrons. The number of nitrogens with one attached hydrogen (secondary N) is 1. The molecule has 0 fully saturated rings. The van der Waals surface area contributed by atoms with Crippen molar-refractivity contribution in [1.29, 1.82) is 0 Å². The molecule has 1 aromatic heterocycles. The average Bonchev–Trinajstić information content (AvgIpc) is 2.36. The number of aromatic nitrogens is 1. The molecule has 1 N–H and O–H groups in total. The van der Waals surface area contributed by atoms with Crippen molar-refractivity contribution in [2.75, 3.05) is 5.43 Å². The van der Waals surface area contributed by atoms with Gasteiger partial charge in [0.2, 0.25) is 0 Å². The first-order chi connectivity index (χ1) is 6.15. The third kappa shape index (κ3) is 2.21. The van der Waals surface area contributed by atoms with Crippen molar-refractivity contribution in [3.63, 3.8) is 0 Å². The molecule has 0 aliphatic rings. The normalized spacial score (nSPS) is 10.7. The summed E-state index contributed by atoms with van der Waals surface area (Å²) in [6, 6.07) is 3.93. The van der Waals surface area contributed by atoms with Gasteiger partial charge in [0.25, 0.3) is 5.91 Å². The quantitative estimate of drug-likeness (QED) is 0.688. The van der Waals surface area contributed by atoms with Gasteiger partial charge in [-0.05, 0) is 32.9 Å². The molecule has 0 saturated heterocycles. The summed E-state index contributed by atoms with van der Waals surface area (Å²) in [5, 5.41) is 0. The maximum absolute atomic E-state index is 11.2. The van der Waals surface area contributed by atoms with Crippen molar-refractivity contribution in [2.45, 2.75) is 20.8 Å². The first kappa shape index (κ1) is 9.58. The summed E-state index contributed by atoms with van der Waals surface area (Å²) in [7, 11) is 0. The molecule has 0 unspecified atom stereocenters. The van der Waals surface area contributed by atoms with Gasteiger partial charge in [-0.25, -0.2) is 0 Å². The predicted octanol–water partition coefficient (Wildman–Crippen LogP) is 1.75. The Kier molecular flexibility index (Phi) is 2.90. The molecule has 0 saturated carbocycles. The van der Waals surface area contributed by atoms with Gasteiger partial charge in [0, 0.05) is 17.5 Å². The Bertz CT molecular complexity index is 317. The van der Waals surface area contributed by atoms with E-state index in [0.717, 1.165) is 11.4 Å². The van der Waals surface area contributed by atoms with E-state index in [1.165, 1.54) is 6.08 Å². The SMILES string of the molecule is CC=CC(=O)Nn1c(C)ccc1C. The molecule has 0 aromatic carbocycles. The number of rotatable bonds is 2. The van der Waals surface area contributed by atoms with E-state index in [0.29, 0.717) is 0 Å². The lowest BCUT2D eigenvalue weighted by Gasteiger charge is -2.08. The second kappa shape index (κ2) is 3.94. The maximum atomic E-state index is 11.2. The van der Waals surface area contributed by atoms with Gasteiger partial charge in [0.05, 0.1) is 0 Å². The zero-order valence-electron chi connectivity index (χ0n) is 8.16. The van der Waals surface area contributed by atoms with Crippen LogP contribution < -0.4 is 5.43 Å². The number of allylic oxidation sites excluding steroid dienone is 1. The number of aryl methyl sites for hydroxylation is 2. The molecule has 13 heavy (non-hydrogen) atoms. The third-order valence-corrected chi connectivity index (χ3v) is 1.81. The Morgan fingerprint density at radius 2 is 1.92 bits per heavy atom. The molecule has 1 aromatic rings. The largest absolute Gasteiger partial charge is 0.268 e. The van der Waals surface area contributed by atoms with E-state index in [2.05, 4.69) is 5.43 Å². The van der Waals surface area contributed by atoms with Crippen LogP contribution in [0.1, 0.15) is 18.3 Å². The van der Waals surface area contributed by atoms with Crippen LogP contribution in [-0.2, 0) is 4.79 Å². The molecule has 0 radical (unpaired) electrons. The van der Waals surface area contributed by atoms with E-state index in [9.17, 15) is 4.79 Å². The van der Waals surface area contributed by atoms with Gasteiger partial charge < -0.3 is 0 Å². The lowest BCUT2D eigenvalue weighted by molar-refractivity contribution is -0.112. The zero-order valence-corrected chi connectivity index (χ0v) is 8.16. The third-order valence-electron chi connectivity index (χ3n) is 1.81. The van der Waals surface area contributed by atoms with Crippen molar-refractivity contribution in [1.82, 2.24) is 4.68 Å². The number of nitrogens with zero attached hydrogens (tertiary/aromatic N) is 1. The van der Waals surface area contributed by atoms with Gasteiger partial charge in [0.1, 0.15) is 0 Å². The second-order valence-electron chi connectivity index (χ2n) is 2.93. The summed E-state index contributed by atoms with van der Waals surface area (Å²) in [5.41, 5.74) is 4.80. The van der Waals surface area contributed by atoms with E-state index in [1.807, 2.05) is 32.9 Å². The van der Waals surface area contributed by atoms with Crippen LogP contribution in [0.5, 0.6) is 0 Å². The Labute approximate surface area is 78.0 Å². The molecule has 1 amide bonds. The average molecular weight is 178 g/mol. The van der Waals surface area contributed by atoms with E-state index in [1.54, 1.807) is 10.8 Å². The highest BCUT2D eigenvalue weighted by Crippen LogP contribution is 2.03. The fourth-order valence-electron chi connectivity index (χ4n) is 1.14. The fraction of sp³-hybridized carbons (Fsp3) is 0.300. The lowest BCUT2D eigenvalue weighted by Crippen LogP contribution is -2.22. The second-order valence-corrected chi connectivity index (χ2v) is 2.93. The molecule has 3 heteroatoms. The summed E-state index contributed by atoms with van der Waals surface area (Å²) < 4.78 is 1.77. The minimum atomic E-state index is -0.107. The van der Waals surface area contributed by atoms with Crippen LogP contribution in [0.4, 0.5) is 0 Å². The van der Waals surface area contributed by atoms with Gasteiger partial charge in [-0.2, -0.15) is 0 Å². The van der Waals surface area contributed by atoms with Crippen LogP contribution in [0.25, 0.3) is 0 Å². The van der Waals surface area contributed by atoms with Gasteiger partial charge in [0.15, 0.2) is 0 Å². The van der Waals surface area contributed by atoms with Gasteiger partial charge >= 0.3 is 0 Å². The van der Waals surface area contributed by atoms with Crippen molar-refractivity contribution in [2.24, 2.45) is 0 Å². The van der Waals surface area contributed by atoms with Crippen LogP contribution in [0.3, 0.4) is 0 Å². The van der Waals surface area contributed by atoms with Gasteiger partial charge in [-0.3, -0.25) is 14.9 Å². The predicted molar refractivity (Wildman–Crippen MR) is 53.1 cm³/mol. The van der Waals surface area contributed by atoms with E-state index < -0.39 is 0 Å². The minimum absolute atomic E-state index is 0.107. The highest BCUT2D eigenvalue weighted by Gasteiger charge is 2.01. The highest BCUT2D eigenvalue weighted by atomic mass is 16.2. The van der Waals surface area contributed by atoms with Crippen LogP contribution >= 0.6 is 0 Å². The van der Waals surface area contributed by atoms with E-state index in [4.69, 9.17) is 0 Å². The first-order valence-corrected chi connectivity index (χ1v) is 4.23. The molecule has 0 atom stereocenters. The summed E-state index contributed by atoms with van der Waals surface area (Å²) in [5.74, 6) is -0.107. The zero-order chi connectivity index (χ0) is 9.84. The summed E-state index contributed by atoms with van der Waals surface area (Å²) >= 11 is 0. The van der Waals surface area contributed by atoms with E-state index >= 15 is 0 Å². The van der Waals surface area contributed by atoms with Crippen LogP contribution in [0.15, 0.2) is 24.3 Å². The molecule has 0 aliphatic heterocycles. The first-order valence-electron chi connectivity index (χ1n) is 4.23. The molecule has 3 nitrogen and oxygen atoms in total. The number of carbonyl (C=O) groups excluding carboxylic acids is 1. The standard InChI is InChI=1S/C10H14N2O/c1-4-5-10(13)11-12-8(2)6-7-9(12)3/h4-7H,1-3H3,(H,11,13). The maximum Gasteiger partial charge on any atom is 0.262 e. The number of carbonyl (C=O) groups is 1. The molecule has 0 spiro atoms. The van der Waals surface area contributed by atoms with Crippen LogP contribution in [-0.4, -0.2) is 10.6 Å². The summed E-state index contributed by atoms with van der Waals surface area (Å²) in [4.78, 5) is 11.2. The number of amides is 1. The van der Waals surface area contributed by atoms with Crippen molar-refractivity contribution < 1.29 is 4.79 Å². The van der Waals surface area contributed by atoms with E-state index in [-0.39, 0.29) is 5.91 Å². The topological polar surface area (TPSA) is 34.0 Å². The number of hydrogen-bond acceptors (Lipinski definition) is 1. The Hall–Kier alpha value is -1.51. The summed E-state index contributed by atoms with van der Waals surface area (Å²) in [6.07, 6.45) is 3.21. The molecule has 1 rings (SSSR count). The van der Waals surface area contributed by atoms with Crippen LogP contribution in [0, 0.1) is 13.8 Å². The van der Waals surface area contributed by atoms with Crippen molar-refractivity contribution >= 4 is 5.91 Å². The molecule has 0 bridgehead atoms. The van der Waals surface area contributed by atoms with Crippen molar-refractivity contribution in [3.8, 4) is 0 Å². The minimum Gasteiger partial charge on any atom is -0.268 e. The Morgan fingerprint density at radius 1 is 1.38 bits per heavy atom. The lowest BCUT2D eigenvalue weighted by atomic mass is 10.5. The number of hydrogen-bond donors (Lipinski definition) is 1. The highest BCUT2D eigenvalue weighted by molar-refractivity contribution is 5.94. The van der Waals surface area contributed by atoms with Crippen LogP contribution in [0.2, 0.25) is 0 Å². The summed E-state index contributed by atoms with van der Waals surface area (Å²) in [6.45, 7) is 5.71.